The van der Waals surface area contributed by atoms with Crippen LogP contribution in [0.4, 0.5) is 0 Å². The molecule has 0 aromatic rings. The summed E-state index contributed by atoms with van der Waals surface area (Å²) in [6.45, 7) is 3.61. The van der Waals surface area contributed by atoms with Gasteiger partial charge in [0.1, 0.15) is 0 Å². The molecule has 88 valence electrons. The number of nitrogens with one attached hydrogen (secondary N) is 1. The number of hydrogen-bond acceptors (Lipinski definition) is 5. The van der Waals surface area contributed by atoms with Crippen molar-refractivity contribution in [3.63, 3.8) is 0 Å². The van der Waals surface area contributed by atoms with Crippen LogP contribution in [0.3, 0.4) is 0 Å². The first-order valence-electron chi connectivity index (χ1n) is 5.22. The fraction of sp³-hybridized carbons (Fsp3) is 0.900. The summed E-state index contributed by atoms with van der Waals surface area (Å²) in [5, 5.41) is 4.04. The van der Waals surface area contributed by atoms with E-state index in [-0.39, 0.29) is 11.9 Å². The highest BCUT2D eigenvalue weighted by Crippen LogP contribution is 2.23. The highest BCUT2D eigenvalue weighted by Gasteiger charge is 2.16. The van der Waals surface area contributed by atoms with E-state index in [1.165, 1.54) is 24.4 Å². The molecule has 1 fully saturated rings. The van der Waals surface area contributed by atoms with Crippen LogP contribution in [0.5, 0.6) is 0 Å². The fourth-order valence-corrected chi connectivity index (χ4v) is 4.05. The summed E-state index contributed by atoms with van der Waals surface area (Å²) in [6.07, 6.45) is 0. The number of thioether (sulfide) groups is 2. The Bertz CT molecular complexity index is 196. The molecule has 3 nitrogen and oxygen atoms in total. The van der Waals surface area contributed by atoms with Gasteiger partial charge in [-0.15, -0.1) is 0 Å². The Morgan fingerprint density at radius 1 is 1.60 bits per heavy atom. The molecule has 0 spiro atoms. The number of carbonyl (C=O) groups is 1. The van der Waals surface area contributed by atoms with Crippen LogP contribution < -0.4 is 5.32 Å². The second-order valence-electron chi connectivity index (χ2n) is 3.65. The predicted octanol–water partition coefficient (Wildman–Crippen LogP) is 1.23. The minimum Gasteiger partial charge on any atom is -0.469 e. The van der Waals surface area contributed by atoms with E-state index in [9.17, 15) is 4.79 Å². The second kappa shape index (κ2) is 7.41. The van der Waals surface area contributed by atoms with Crippen molar-refractivity contribution in [2.24, 2.45) is 5.92 Å². The zero-order valence-electron chi connectivity index (χ0n) is 9.32. The monoisotopic (exact) mass is 249 g/mol. The molecule has 0 aliphatic carbocycles. The summed E-state index contributed by atoms with van der Waals surface area (Å²) >= 11 is 4.05. The highest BCUT2D eigenvalue weighted by molar-refractivity contribution is 8.06. The first kappa shape index (κ1) is 13.2. The molecule has 15 heavy (non-hydrogen) atoms. The molecule has 1 aliphatic rings. The third-order valence-electron chi connectivity index (χ3n) is 2.31. The van der Waals surface area contributed by atoms with Gasteiger partial charge >= 0.3 is 5.97 Å². The third-order valence-corrected chi connectivity index (χ3v) is 5.16. The van der Waals surface area contributed by atoms with Crippen LogP contribution in [0.15, 0.2) is 0 Å². The predicted molar refractivity (Wildman–Crippen MR) is 67.6 cm³/mol. The molecule has 1 heterocycles. The van der Waals surface area contributed by atoms with Gasteiger partial charge in [-0.3, -0.25) is 4.79 Å². The van der Waals surface area contributed by atoms with Gasteiger partial charge in [0.15, 0.2) is 0 Å². The van der Waals surface area contributed by atoms with E-state index in [0.717, 1.165) is 6.54 Å². The number of methoxy groups -OCH3 is 1. The lowest BCUT2D eigenvalue weighted by Gasteiger charge is -2.21. The SMILES string of the molecule is COC(=O)C(C)CNCC1CSCCS1. The van der Waals surface area contributed by atoms with Crippen LogP contribution >= 0.6 is 23.5 Å². The molecule has 2 atom stereocenters. The van der Waals surface area contributed by atoms with Gasteiger partial charge < -0.3 is 10.1 Å². The largest absolute Gasteiger partial charge is 0.469 e. The van der Waals surface area contributed by atoms with Crippen molar-refractivity contribution < 1.29 is 9.53 Å². The van der Waals surface area contributed by atoms with Crippen molar-refractivity contribution in [2.45, 2.75) is 12.2 Å². The molecule has 0 aromatic carbocycles. The van der Waals surface area contributed by atoms with Crippen molar-refractivity contribution in [1.82, 2.24) is 5.32 Å². The molecule has 0 aromatic heterocycles. The molecule has 0 bridgehead atoms. The van der Waals surface area contributed by atoms with E-state index in [0.29, 0.717) is 11.8 Å². The van der Waals surface area contributed by atoms with Gasteiger partial charge in [0, 0.05) is 35.6 Å². The van der Waals surface area contributed by atoms with Gasteiger partial charge in [0.05, 0.1) is 13.0 Å². The lowest BCUT2D eigenvalue weighted by molar-refractivity contribution is -0.144. The van der Waals surface area contributed by atoms with Crippen LogP contribution in [-0.2, 0) is 9.53 Å². The number of ether oxygens (including phenoxy) is 1. The van der Waals surface area contributed by atoms with Crippen LogP contribution in [0.1, 0.15) is 6.92 Å². The van der Waals surface area contributed by atoms with E-state index in [1.54, 1.807) is 0 Å². The minimum absolute atomic E-state index is 0.0451. The molecule has 0 saturated carbocycles. The average molecular weight is 249 g/mol. The summed E-state index contributed by atoms with van der Waals surface area (Å²) in [7, 11) is 1.44. The summed E-state index contributed by atoms with van der Waals surface area (Å²) in [5.74, 6) is 3.58. The maximum Gasteiger partial charge on any atom is 0.309 e. The average Bonchev–Trinajstić information content (AvgIpc) is 2.29. The third kappa shape index (κ3) is 5.13. The van der Waals surface area contributed by atoms with Gasteiger partial charge in [-0.25, -0.2) is 0 Å². The first-order valence-corrected chi connectivity index (χ1v) is 7.42. The molecule has 1 N–H and O–H groups in total. The summed E-state index contributed by atoms with van der Waals surface area (Å²) < 4.78 is 4.67. The van der Waals surface area contributed by atoms with Gasteiger partial charge in [0.25, 0.3) is 0 Å². The topological polar surface area (TPSA) is 38.3 Å². The van der Waals surface area contributed by atoms with Gasteiger partial charge in [-0.05, 0) is 0 Å². The molecule has 0 radical (unpaired) electrons. The molecule has 1 saturated heterocycles. The molecule has 5 heteroatoms. The summed E-state index contributed by atoms with van der Waals surface area (Å²) in [5.41, 5.74) is 0. The van der Waals surface area contributed by atoms with Crippen LogP contribution in [-0.4, -0.2) is 48.7 Å². The summed E-state index contributed by atoms with van der Waals surface area (Å²) in [6, 6.07) is 0. The molecule has 0 amide bonds. The number of hydrogen-bond donors (Lipinski definition) is 1. The van der Waals surface area contributed by atoms with E-state index in [1.807, 2.05) is 30.4 Å². The van der Waals surface area contributed by atoms with Crippen molar-refractivity contribution in [3.05, 3.63) is 0 Å². The van der Waals surface area contributed by atoms with E-state index in [2.05, 4.69) is 10.1 Å². The Labute approximate surface area is 100 Å². The zero-order valence-corrected chi connectivity index (χ0v) is 11.0. The van der Waals surface area contributed by atoms with Crippen molar-refractivity contribution in [3.8, 4) is 0 Å². The zero-order chi connectivity index (χ0) is 11.1. The standard InChI is InChI=1S/C10H19NO2S2/c1-8(10(12)13-2)5-11-6-9-7-14-3-4-15-9/h8-9,11H,3-7H2,1-2H3. The van der Waals surface area contributed by atoms with Gasteiger partial charge in [-0.2, -0.15) is 23.5 Å². The quantitative estimate of drug-likeness (QED) is 0.742. The Balaban J connectivity index is 2.07. The van der Waals surface area contributed by atoms with E-state index < -0.39 is 0 Å². The van der Waals surface area contributed by atoms with Crippen molar-refractivity contribution in [2.75, 3.05) is 37.5 Å². The van der Waals surface area contributed by atoms with Gasteiger partial charge in [0.2, 0.25) is 0 Å². The highest BCUT2D eigenvalue weighted by atomic mass is 32.2. The molecule has 1 rings (SSSR count). The maximum atomic E-state index is 11.1. The maximum absolute atomic E-state index is 11.1. The number of carbonyl (C=O) groups excluding carboxylic acids is 1. The Kier molecular flexibility index (Phi) is 6.52. The van der Waals surface area contributed by atoms with Crippen LogP contribution in [0, 0.1) is 5.92 Å². The van der Waals surface area contributed by atoms with Crippen molar-refractivity contribution in [1.29, 1.82) is 0 Å². The Morgan fingerprint density at radius 3 is 3.00 bits per heavy atom. The first-order chi connectivity index (χ1) is 7.24. The van der Waals surface area contributed by atoms with E-state index in [4.69, 9.17) is 0 Å². The van der Waals surface area contributed by atoms with Crippen molar-refractivity contribution >= 4 is 29.5 Å². The molecule has 2 unspecified atom stereocenters. The Morgan fingerprint density at radius 2 is 2.40 bits per heavy atom. The lowest BCUT2D eigenvalue weighted by atomic mass is 10.2. The smallest absolute Gasteiger partial charge is 0.309 e. The normalized spacial score (nSPS) is 23.5. The van der Waals surface area contributed by atoms with Crippen LogP contribution in [0.25, 0.3) is 0 Å². The molecular formula is C10H19NO2S2. The van der Waals surface area contributed by atoms with Gasteiger partial charge in [-0.1, -0.05) is 6.92 Å². The number of esters is 1. The molecule has 1 aliphatic heterocycles. The minimum atomic E-state index is -0.131. The number of rotatable bonds is 5. The second-order valence-corrected chi connectivity index (χ2v) is 6.21. The molecular weight excluding hydrogens is 230 g/mol. The Hall–Kier alpha value is 0.130. The van der Waals surface area contributed by atoms with E-state index >= 15 is 0 Å². The lowest BCUT2D eigenvalue weighted by Crippen LogP contribution is -2.34. The fourth-order valence-electron chi connectivity index (χ4n) is 1.40. The van der Waals surface area contributed by atoms with Crippen LogP contribution in [0.2, 0.25) is 0 Å². The summed E-state index contributed by atoms with van der Waals surface area (Å²) in [4.78, 5) is 11.1.